The van der Waals surface area contributed by atoms with Gasteiger partial charge in [-0.25, -0.2) is 0 Å². The number of benzene rings is 1. The summed E-state index contributed by atoms with van der Waals surface area (Å²) >= 11 is 0. The van der Waals surface area contributed by atoms with Crippen molar-refractivity contribution in [2.45, 2.75) is 33.1 Å². The fraction of sp³-hybridized carbons (Fsp3) is 0.462. The smallest absolute Gasteiger partial charge is 0.167 e. The van der Waals surface area contributed by atoms with E-state index in [0.717, 1.165) is 11.3 Å². The lowest BCUT2D eigenvalue weighted by atomic mass is 9.86. The Labute approximate surface area is 91.3 Å². The van der Waals surface area contributed by atoms with Gasteiger partial charge in [0, 0.05) is 0 Å². The van der Waals surface area contributed by atoms with E-state index in [2.05, 4.69) is 20.8 Å². The summed E-state index contributed by atoms with van der Waals surface area (Å²) in [5.74, 6) is 0.846. The average molecular weight is 206 g/mol. The summed E-state index contributed by atoms with van der Waals surface area (Å²) in [6.07, 6.45) is 0. The van der Waals surface area contributed by atoms with E-state index in [0.29, 0.717) is 0 Å². The van der Waals surface area contributed by atoms with Crippen LogP contribution < -0.4 is 4.74 Å². The third-order valence-corrected chi connectivity index (χ3v) is 2.13. The van der Waals surface area contributed by atoms with Crippen LogP contribution in [0.1, 0.15) is 33.3 Å². The molecule has 0 aliphatic carbocycles. The topological polar surface area (TPSA) is 26.3 Å². The van der Waals surface area contributed by atoms with Gasteiger partial charge in [-0.1, -0.05) is 39.0 Å². The van der Waals surface area contributed by atoms with E-state index in [1.165, 1.54) is 6.92 Å². The number of carbonyl (C=O) groups is 1. The van der Waals surface area contributed by atoms with Gasteiger partial charge in [0.05, 0.1) is 0 Å². The van der Waals surface area contributed by atoms with Gasteiger partial charge in [-0.15, -0.1) is 0 Å². The molecule has 0 N–H and O–H groups in total. The van der Waals surface area contributed by atoms with Gasteiger partial charge in [-0.3, -0.25) is 4.79 Å². The maximum absolute atomic E-state index is 10.9. The Morgan fingerprint density at radius 3 is 2.40 bits per heavy atom. The molecular formula is C13H18O2. The number of ketones is 1. The standard InChI is InChI=1S/C13H18O2/c1-10(14)9-15-12-8-6-5-7-11(12)13(2,3)4/h5-8H,9H2,1-4H3. The summed E-state index contributed by atoms with van der Waals surface area (Å²) in [6, 6.07) is 7.85. The predicted molar refractivity (Wildman–Crippen MR) is 61.3 cm³/mol. The molecule has 0 aliphatic rings. The molecular weight excluding hydrogens is 188 g/mol. The molecule has 2 nitrogen and oxygen atoms in total. The van der Waals surface area contributed by atoms with Crippen molar-refractivity contribution in [3.05, 3.63) is 29.8 Å². The first-order valence-corrected chi connectivity index (χ1v) is 5.13. The van der Waals surface area contributed by atoms with E-state index in [1.54, 1.807) is 0 Å². The normalized spacial score (nSPS) is 11.2. The second kappa shape index (κ2) is 4.47. The lowest BCUT2D eigenvalue weighted by Crippen LogP contribution is -2.15. The number of ether oxygens (including phenoxy) is 1. The molecule has 0 atom stereocenters. The van der Waals surface area contributed by atoms with E-state index < -0.39 is 0 Å². The second-order valence-electron chi connectivity index (χ2n) is 4.74. The van der Waals surface area contributed by atoms with Crippen LogP contribution in [0.25, 0.3) is 0 Å². The van der Waals surface area contributed by atoms with E-state index in [-0.39, 0.29) is 17.8 Å². The predicted octanol–water partition coefficient (Wildman–Crippen LogP) is 2.95. The van der Waals surface area contributed by atoms with Gasteiger partial charge < -0.3 is 4.74 Å². The fourth-order valence-corrected chi connectivity index (χ4v) is 1.39. The van der Waals surface area contributed by atoms with E-state index >= 15 is 0 Å². The first-order chi connectivity index (χ1) is 6.91. The van der Waals surface area contributed by atoms with Gasteiger partial charge in [0.15, 0.2) is 5.78 Å². The van der Waals surface area contributed by atoms with Gasteiger partial charge in [0.25, 0.3) is 0 Å². The lowest BCUT2D eigenvalue weighted by molar-refractivity contribution is -0.118. The minimum atomic E-state index is 0.0351. The van der Waals surface area contributed by atoms with Gasteiger partial charge in [-0.2, -0.15) is 0 Å². The third-order valence-electron chi connectivity index (χ3n) is 2.13. The maximum Gasteiger partial charge on any atom is 0.167 e. The Bertz CT molecular complexity index is 348. The molecule has 0 unspecified atom stereocenters. The Kier molecular flexibility index (Phi) is 3.51. The highest BCUT2D eigenvalue weighted by Crippen LogP contribution is 2.30. The van der Waals surface area contributed by atoms with Crippen molar-refractivity contribution < 1.29 is 9.53 Å². The van der Waals surface area contributed by atoms with Crippen LogP contribution in [-0.4, -0.2) is 12.4 Å². The SMILES string of the molecule is CC(=O)COc1ccccc1C(C)(C)C. The van der Waals surface area contributed by atoms with Gasteiger partial charge >= 0.3 is 0 Å². The summed E-state index contributed by atoms with van der Waals surface area (Å²) in [6.45, 7) is 8.06. The molecule has 0 saturated heterocycles. The fourth-order valence-electron chi connectivity index (χ4n) is 1.39. The Morgan fingerprint density at radius 2 is 1.87 bits per heavy atom. The van der Waals surface area contributed by atoms with Crippen LogP contribution in [0, 0.1) is 0 Å². The molecule has 2 heteroatoms. The molecule has 0 fully saturated rings. The average Bonchev–Trinajstić information content (AvgIpc) is 2.13. The number of rotatable bonds is 3. The minimum absolute atomic E-state index is 0.0351. The van der Waals surface area contributed by atoms with Gasteiger partial charge in [0.1, 0.15) is 12.4 Å². The van der Waals surface area contributed by atoms with Gasteiger partial charge in [-0.05, 0) is 24.0 Å². The van der Waals surface area contributed by atoms with Crippen LogP contribution in [0.15, 0.2) is 24.3 Å². The van der Waals surface area contributed by atoms with Crippen molar-refractivity contribution in [3.8, 4) is 5.75 Å². The van der Waals surface area contributed by atoms with Crippen molar-refractivity contribution in [1.29, 1.82) is 0 Å². The highest BCUT2D eigenvalue weighted by Gasteiger charge is 2.18. The number of carbonyl (C=O) groups excluding carboxylic acids is 1. The monoisotopic (exact) mass is 206 g/mol. The number of hydrogen-bond donors (Lipinski definition) is 0. The largest absolute Gasteiger partial charge is 0.486 e. The number of hydrogen-bond acceptors (Lipinski definition) is 2. The van der Waals surface area contributed by atoms with E-state index in [1.807, 2.05) is 24.3 Å². The van der Waals surface area contributed by atoms with Crippen molar-refractivity contribution in [2.75, 3.05) is 6.61 Å². The zero-order chi connectivity index (χ0) is 11.5. The van der Waals surface area contributed by atoms with Crippen molar-refractivity contribution in [1.82, 2.24) is 0 Å². The Balaban J connectivity index is 2.92. The van der Waals surface area contributed by atoms with Crippen LogP contribution in [-0.2, 0) is 10.2 Å². The maximum atomic E-state index is 10.9. The minimum Gasteiger partial charge on any atom is -0.486 e. The molecule has 0 spiro atoms. The van der Waals surface area contributed by atoms with Crippen LogP contribution in [0.4, 0.5) is 0 Å². The molecule has 0 aromatic heterocycles. The quantitative estimate of drug-likeness (QED) is 0.760. The number of Topliss-reactive ketones (excluding diaryl/α,β-unsaturated/α-hetero) is 1. The molecule has 0 amide bonds. The first kappa shape index (κ1) is 11.8. The summed E-state index contributed by atoms with van der Waals surface area (Å²) < 4.78 is 5.48. The van der Waals surface area contributed by atoms with Crippen LogP contribution in [0.2, 0.25) is 0 Å². The van der Waals surface area contributed by atoms with Crippen LogP contribution >= 0.6 is 0 Å². The first-order valence-electron chi connectivity index (χ1n) is 5.13. The highest BCUT2D eigenvalue weighted by molar-refractivity contribution is 5.77. The summed E-state index contributed by atoms with van der Waals surface area (Å²) in [7, 11) is 0. The van der Waals surface area contributed by atoms with Crippen molar-refractivity contribution in [3.63, 3.8) is 0 Å². The lowest BCUT2D eigenvalue weighted by Gasteiger charge is -2.22. The molecule has 82 valence electrons. The third kappa shape index (κ3) is 3.39. The van der Waals surface area contributed by atoms with E-state index in [4.69, 9.17) is 4.74 Å². The molecule has 0 aliphatic heterocycles. The Hall–Kier alpha value is -1.31. The molecule has 0 radical (unpaired) electrons. The number of para-hydroxylation sites is 1. The van der Waals surface area contributed by atoms with Crippen molar-refractivity contribution in [2.24, 2.45) is 0 Å². The molecule has 15 heavy (non-hydrogen) atoms. The molecule has 0 bridgehead atoms. The molecule has 1 aromatic carbocycles. The summed E-state index contributed by atoms with van der Waals surface area (Å²) in [4.78, 5) is 10.9. The van der Waals surface area contributed by atoms with E-state index in [9.17, 15) is 4.79 Å². The summed E-state index contributed by atoms with van der Waals surface area (Å²) in [5.41, 5.74) is 1.17. The van der Waals surface area contributed by atoms with Gasteiger partial charge in [0.2, 0.25) is 0 Å². The zero-order valence-corrected chi connectivity index (χ0v) is 9.83. The molecule has 0 saturated carbocycles. The summed E-state index contributed by atoms with van der Waals surface area (Å²) in [5, 5.41) is 0. The zero-order valence-electron chi connectivity index (χ0n) is 9.83. The molecule has 0 heterocycles. The van der Waals surface area contributed by atoms with Crippen molar-refractivity contribution >= 4 is 5.78 Å². The molecule has 1 aromatic rings. The highest BCUT2D eigenvalue weighted by atomic mass is 16.5. The Morgan fingerprint density at radius 1 is 1.27 bits per heavy atom. The molecule has 1 rings (SSSR count). The van der Waals surface area contributed by atoms with Crippen LogP contribution in [0.3, 0.4) is 0 Å². The second-order valence-corrected chi connectivity index (χ2v) is 4.74. The van der Waals surface area contributed by atoms with Crippen LogP contribution in [0.5, 0.6) is 5.75 Å².